The molecule has 1 aromatic carbocycles. The Morgan fingerprint density at radius 3 is 2.32 bits per heavy atom. The van der Waals surface area contributed by atoms with Crippen molar-refractivity contribution in [1.82, 2.24) is 9.97 Å². The zero-order valence-electron chi connectivity index (χ0n) is 11.6. The van der Waals surface area contributed by atoms with Gasteiger partial charge in [-0.2, -0.15) is 0 Å². The van der Waals surface area contributed by atoms with Gasteiger partial charge in [0.1, 0.15) is 11.5 Å². The van der Waals surface area contributed by atoms with Crippen LogP contribution in [0.25, 0.3) is 0 Å². The Hall–Kier alpha value is -2.00. The Bertz CT molecular complexity index is 806. The molecule has 0 N–H and O–H groups in total. The van der Waals surface area contributed by atoms with Crippen LogP contribution in [0.4, 0.5) is 0 Å². The summed E-state index contributed by atoms with van der Waals surface area (Å²) in [5, 5.41) is -0.447. The fourth-order valence-electron chi connectivity index (χ4n) is 1.47. The van der Waals surface area contributed by atoms with Crippen molar-refractivity contribution in [2.24, 2.45) is 0 Å². The van der Waals surface area contributed by atoms with Gasteiger partial charge in [0.05, 0.1) is 11.6 Å². The highest BCUT2D eigenvalue weighted by Gasteiger charge is 2.20. The second-order valence-electron chi connectivity index (χ2n) is 4.19. The minimum Gasteiger partial charge on any atom is -0.497 e. The van der Waals surface area contributed by atoms with Crippen molar-refractivity contribution in [3.63, 3.8) is 0 Å². The minimum atomic E-state index is -3.62. The highest BCUT2D eigenvalue weighted by atomic mass is 79.9. The van der Waals surface area contributed by atoms with Crippen molar-refractivity contribution in [3.05, 3.63) is 40.6 Å². The number of methoxy groups -OCH3 is 1. The molecule has 0 unspecified atom stereocenters. The number of hydrogen-bond donors (Lipinski definition) is 0. The maximum atomic E-state index is 12.1. The van der Waals surface area contributed by atoms with Gasteiger partial charge in [0.2, 0.25) is 15.0 Å². The third kappa shape index (κ3) is 3.80. The fourth-order valence-corrected chi connectivity index (χ4v) is 2.33. The Balaban J connectivity index is 2.28. The minimum absolute atomic E-state index is 0.175. The highest BCUT2D eigenvalue weighted by Crippen LogP contribution is 2.20. The first kappa shape index (κ1) is 16.4. The molecule has 0 spiro atoms. The summed E-state index contributed by atoms with van der Waals surface area (Å²) >= 11 is 3.09. The van der Waals surface area contributed by atoms with Crippen LogP contribution in [0, 0.1) is 0 Å². The van der Waals surface area contributed by atoms with Crippen LogP contribution in [0.2, 0.25) is 0 Å². The van der Waals surface area contributed by atoms with E-state index < -0.39 is 21.0 Å². The molecule has 0 atom stereocenters. The van der Waals surface area contributed by atoms with Gasteiger partial charge in [-0.15, -0.1) is 0 Å². The summed E-state index contributed by atoms with van der Waals surface area (Å²) in [6, 6.07) is 6.34. The van der Waals surface area contributed by atoms with E-state index in [1.165, 1.54) is 13.3 Å². The molecule has 0 fully saturated rings. The average molecular weight is 387 g/mol. The van der Waals surface area contributed by atoms with Crippen molar-refractivity contribution >= 4 is 31.7 Å². The van der Waals surface area contributed by atoms with Crippen LogP contribution in [0.1, 0.15) is 10.5 Å². The molecular formula is C13H11BrN2O5S. The van der Waals surface area contributed by atoms with Crippen LogP contribution >= 0.6 is 15.9 Å². The quantitative estimate of drug-likeness (QED) is 0.449. The third-order valence-electron chi connectivity index (χ3n) is 2.52. The average Bonchev–Trinajstić information content (AvgIpc) is 2.47. The van der Waals surface area contributed by atoms with Gasteiger partial charge in [-0.3, -0.25) is 0 Å². The van der Waals surface area contributed by atoms with E-state index in [4.69, 9.17) is 9.47 Å². The number of esters is 1. The number of nitrogens with zero attached hydrogens (tertiary/aromatic N) is 2. The zero-order chi connectivity index (χ0) is 16.3. The van der Waals surface area contributed by atoms with Gasteiger partial charge in [0, 0.05) is 12.5 Å². The Morgan fingerprint density at radius 1 is 1.18 bits per heavy atom. The van der Waals surface area contributed by atoms with Gasteiger partial charge in [0.25, 0.3) is 0 Å². The second kappa shape index (κ2) is 6.41. The predicted octanol–water partition coefficient (Wildman–Crippen LogP) is 1.87. The van der Waals surface area contributed by atoms with Crippen molar-refractivity contribution < 1.29 is 22.7 Å². The maximum Gasteiger partial charge on any atom is 0.363 e. The van der Waals surface area contributed by atoms with Crippen LogP contribution in [0.5, 0.6) is 11.5 Å². The van der Waals surface area contributed by atoms with Crippen LogP contribution < -0.4 is 9.47 Å². The Kier molecular flexibility index (Phi) is 4.77. The smallest absolute Gasteiger partial charge is 0.363 e. The summed E-state index contributed by atoms with van der Waals surface area (Å²) in [7, 11) is -2.11. The van der Waals surface area contributed by atoms with E-state index in [1.807, 2.05) is 0 Å². The van der Waals surface area contributed by atoms with Crippen molar-refractivity contribution in [1.29, 1.82) is 0 Å². The molecule has 0 aliphatic carbocycles. The van der Waals surface area contributed by atoms with Crippen molar-refractivity contribution in [2.45, 2.75) is 5.16 Å². The number of rotatable bonds is 4. The lowest BCUT2D eigenvalue weighted by atomic mass is 10.3. The molecule has 116 valence electrons. The number of halogens is 1. The van der Waals surface area contributed by atoms with E-state index in [1.54, 1.807) is 24.3 Å². The number of carbonyl (C=O) groups is 1. The molecule has 0 saturated carbocycles. The van der Waals surface area contributed by atoms with Gasteiger partial charge in [0.15, 0.2) is 5.69 Å². The lowest BCUT2D eigenvalue weighted by Gasteiger charge is -2.07. The van der Waals surface area contributed by atoms with E-state index in [9.17, 15) is 13.2 Å². The SMILES string of the molecule is COc1ccc(OC(=O)c2nc(S(C)(=O)=O)ncc2Br)cc1. The van der Waals surface area contributed by atoms with Crippen LogP contribution in [0.3, 0.4) is 0 Å². The molecule has 0 saturated heterocycles. The number of sulfone groups is 1. The molecule has 2 aromatic rings. The van der Waals surface area contributed by atoms with E-state index in [2.05, 4.69) is 25.9 Å². The molecule has 0 bridgehead atoms. The number of benzene rings is 1. The summed E-state index contributed by atoms with van der Waals surface area (Å²) in [6.45, 7) is 0. The lowest BCUT2D eigenvalue weighted by molar-refractivity contribution is 0.0726. The number of aromatic nitrogens is 2. The normalized spacial score (nSPS) is 11.0. The summed E-state index contributed by atoms with van der Waals surface area (Å²) in [4.78, 5) is 19.5. The molecule has 1 heterocycles. The third-order valence-corrected chi connectivity index (χ3v) is 3.96. The van der Waals surface area contributed by atoms with Crippen molar-refractivity contribution in [2.75, 3.05) is 13.4 Å². The number of carbonyl (C=O) groups excluding carboxylic acids is 1. The van der Waals surface area contributed by atoms with Crippen molar-refractivity contribution in [3.8, 4) is 11.5 Å². The second-order valence-corrected chi connectivity index (χ2v) is 6.95. The number of hydrogen-bond acceptors (Lipinski definition) is 7. The molecule has 0 amide bonds. The maximum absolute atomic E-state index is 12.1. The molecule has 2 rings (SSSR count). The first-order chi connectivity index (χ1) is 10.3. The number of ether oxygens (including phenoxy) is 2. The van der Waals surface area contributed by atoms with E-state index in [0.29, 0.717) is 5.75 Å². The van der Waals surface area contributed by atoms with Gasteiger partial charge in [-0.1, -0.05) is 0 Å². The summed E-state index contributed by atoms with van der Waals surface area (Å²) in [5.74, 6) is 0.0870. The first-order valence-corrected chi connectivity index (χ1v) is 8.58. The molecule has 0 aliphatic heterocycles. The van der Waals surface area contributed by atoms with Gasteiger partial charge >= 0.3 is 5.97 Å². The molecule has 0 radical (unpaired) electrons. The zero-order valence-corrected chi connectivity index (χ0v) is 14.0. The van der Waals surface area contributed by atoms with E-state index in [0.717, 1.165) is 6.26 Å². The first-order valence-electron chi connectivity index (χ1n) is 5.90. The molecule has 7 nitrogen and oxygen atoms in total. The Morgan fingerprint density at radius 2 is 1.77 bits per heavy atom. The topological polar surface area (TPSA) is 95.5 Å². The van der Waals surface area contributed by atoms with Crippen LogP contribution in [-0.2, 0) is 9.84 Å². The standard InChI is InChI=1S/C13H11BrN2O5S/c1-20-8-3-5-9(6-4-8)21-12(17)11-10(14)7-15-13(16-11)22(2,18)19/h3-7H,1-2H3. The van der Waals surface area contributed by atoms with Gasteiger partial charge in [-0.05, 0) is 40.2 Å². The summed E-state index contributed by atoms with van der Waals surface area (Å²) in [6.07, 6.45) is 2.14. The molecule has 1 aromatic heterocycles. The lowest BCUT2D eigenvalue weighted by Crippen LogP contribution is -2.15. The largest absolute Gasteiger partial charge is 0.497 e. The molecular weight excluding hydrogens is 376 g/mol. The van der Waals surface area contributed by atoms with Crippen LogP contribution in [0.15, 0.2) is 40.1 Å². The fraction of sp³-hybridized carbons (Fsp3) is 0.154. The van der Waals surface area contributed by atoms with E-state index >= 15 is 0 Å². The van der Waals surface area contributed by atoms with Crippen LogP contribution in [-0.4, -0.2) is 37.7 Å². The molecule has 0 aliphatic rings. The Labute approximate surface area is 135 Å². The van der Waals surface area contributed by atoms with Gasteiger partial charge < -0.3 is 9.47 Å². The monoisotopic (exact) mass is 386 g/mol. The van der Waals surface area contributed by atoms with Gasteiger partial charge in [-0.25, -0.2) is 23.2 Å². The summed E-state index contributed by atoms with van der Waals surface area (Å²) < 4.78 is 33.3. The molecule has 22 heavy (non-hydrogen) atoms. The predicted molar refractivity (Wildman–Crippen MR) is 80.8 cm³/mol. The molecule has 9 heteroatoms. The highest BCUT2D eigenvalue weighted by molar-refractivity contribution is 9.10. The van der Waals surface area contributed by atoms with E-state index in [-0.39, 0.29) is 15.9 Å². The summed E-state index contributed by atoms with van der Waals surface area (Å²) in [5.41, 5.74) is -0.175.